The van der Waals surface area contributed by atoms with Gasteiger partial charge in [-0.2, -0.15) is 0 Å². The molecule has 2 unspecified atom stereocenters. The molecule has 1 rings (SSSR count). The molecule has 2 atom stereocenters. The van der Waals surface area contributed by atoms with Crippen molar-refractivity contribution in [1.29, 1.82) is 0 Å². The van der Waals surface area contributed by atoms with Gasteiger partial charge >= 0.3 is 0 Å². The molecule has 1 aliphatic rings. The molecule has 0 aromatic heterocycles. The van der Waals surface area contributed by atoms with Crippen LogP contribution in [0.2, 0.25) is 0 Å². The molecule has 1 aliphatic heterocycles. The standard InChI is InChI=1S/C12H26N2/c1-4-12-8-7-11(2)14(12)10-6-5-9-13-3/h11-13H,4-10H2,1-3H3. The molecule has 0 aliphatic carbocycles. The van der Waals surface area contributed by atoms with Crippen molar-refractivity contribution in [1.82, 2.24) is 10.2 Å². The number of likely N-dealkylation sites (tertiary alicyclic amines) is 1. The van der Waals surface area contributed by atoms with Gasteiger partial charge in [0.25, 0.3) is 0 Å². The molecule has 1 saturated heterocycles. The van der Waals surface area contributed by atoms with Gasteiger partial charge in [-0.05, 0) is 59.2 Å². The van der Waals surface area contributed by atoms with E-state index in [0.717, 1.165) is 12.1 Å². The van der Waals surface area contributed by atoms with Crippen LogP contribution < -0.4 is 5.32 Å². The van der Waals surface area contributed by atoms with Gasteiger partial charge in [-0.1, -0.05) is 6.92 Å². The summed E-state index contributed by atoms with van der Waals surface area (Å²) < 4.78 is 0. The van der Waals surface area contributed by atoms with Crippen LogP contribution in [0.1, 0.15) is 46.0 Å². The zero-order valence-electron chi connectivity index (χ0n) is 10.1. The number of hydrogen-bond acceptors (Lipinski definition) is 2. The summed E-state index contributed by atoms with van der Waals surface area (Å²) in [4.78, 5) is 2.72. The van der Waals surface area contributed by atoms with E-state index in [1.54, 1.807) is 0 Å². The maximum atomic E-state index is 3.21. The van der Waals surface area contributed by atoms with Gasteiger partial charge in [-0.15, -0.1) is 0 Å². The van der Waals surface area contributed by atoms with Crippen molar-refractivity contribution in [2.24, 2.45) is 0 Å². The Bertz CT molecular complexity index is 147. The van der Waals surface area contributed by atoms with Gasteiger partial charge in [0.05, 0.1) is 0 Å². The van der Waals surface area contributed by atoms with Crippen molar-refractivity contribution in [3.8, 4) is 0 Å². The molecule has 0 amide bonds. The second kappa shape index (κ2) is 6.41. The van der Waals surface area contributed by atoms with Gasteiger partial charge in [0, 0.05) is 12.1 Å². The van der Waals surface area contributed by atoms with E-state index in [-0.39, 0.29) is 0 Å². The molecule has 0 aromatic rings. The van der Waals surface area contributed by atoms with Gasteiger partial charge in [0.15, 0.2) is 0 Å². The van der Waals surface area contributed by atoms with Gasteiger partial charge in [-0.25, -0.2) is 0 Å². The third-order valence-corrected chi connectivity index (χ3v) is 3.52. The predicted molar refractivity (Wildman–Crippen MR) is 62.6 cm³/mol. The summed E-state index contributed by atoms with van der Waals surface area (Å²) in [5.41, 5.74) is 0. The molecule has 0 spiro atoms. The van der Waals surface area contributed by atoms with E-state index in [4.69, 9.17) is 0 Å². The van der Waals surface area contributed by atoms with Crippen LogP contribution in [0.15, 0.2) is 0 Å². The Morgan fingerprint density at radius 3 is 2.71 bits per heavy atom. The van der Waals surface area contributed by atoms with Crippen molar-refractivity contribution in [2.45, 2.75) is 58.0 Å². The summed E-state index contributed by atoms with van der Waals surface area (Å²) in [7, 11) is 2.04. The summed E-state index contributed by atoms with van der Waals surface area (Å²) in [5, 5.41) is 3.21. The Morgan fingerprint density at radius 1 is 1.29 bits per heavy atom. The third kappa shape index (κ3) is 3.25. The van der Waals surface area contributed by atoms with Crippen LogP contribution in [0, 0.1) is 0 Å². The van der Waals surface area contributed by atoms with Crippen LogP contribution in [-0.2, 0) is 0 Å². The Labute approximate surface area is 89.1 Å². The minimum absolute atomic E-state index is 0.828. The topological polar surface area (TPSA) is 15.3 Å². The van der Waals surface area contributed by atoms with E-state index in [2.05, 4.69) is 24.1 Å². The van der Waals surface area contributed by atoms with Crippen LogP contribution in [0.3, 0.4) is 0 Å². The van der Waals surface area contributed by atoms with Crippen LogP contribution in [-0.4, -0.2) is 37.1 Å². The zero-order valence-corrected chi connectivity index (χ0v) is 10.1. The quantitative estimate of drug-likeness (QED) is 0.659. The van der Waals surface area contributed by atoms with Gasteiger partial charge in [0.1, 0.15) is 0 Å². The molecule has 1 N–H and O–H groups in total. The average Bonchev–Trinajstić information content (AvgIpc) is 2.55. The molecule has 0 aromatic carbocycles. The lowest BCUT2D eigenvalue weighted by molar-refractivity contribution is 0.195. The molecule has 84 valence electrons. The van der Waals surface area contributed by atoms with Gasteiger partial charge < -0.3 is 5.32 Å². The first kappa shape index (κ1) is 12.0. The number of rotatable bonds is 6. The highest BCUT2D eigenvalue weighted by molar-refractivity contribution is 4.83. The Kier molecular flexibility index (Phi) is 5.49. The molecular formula is C12H26N2. The van der Waals surface area contributed by atoms with Crippen molar-refractivity contribution in [2.75, 3.05) is 20.1 Å². The lowest BCUT2D eigenvalue weighted by atomic mass is 10.1. The number of nitrogens with zero attached hydrogens (tertiary/aromatic N) is 1. The SMILES string of the molecule is CCC1CCC(C)N1CCCCNC. The molecule has 14 heavy (non-hydrogen) atoms. The summed E-state index contributed by atoms with van der Waals surface area (Å²) in [5.74, 6) is 0. The second-order valence-corrected chi connectivity index (χ2v) is 4.54. The van der Waals surface area contributed by atoms with Crippen LogP contribution in [0.5, 0.6) is 0 Å². The highest BCUT2D eigenvalue weighted by Crippen LogP contribution is 2.25. The molecule has 0 radical (unpaired) electrons. The summed E-state index contributed by atoms with van der Waals surface area (Å²) in [6, 6.07) is 1.70. The first-order valence-corrected chi connectivity index (χ1v) is 6.20. The first-order chi connectivity index (χ1) is 6.79. The third-order valence-electron chi connectivity index (χ3n) is 3.52. The largest absolute Gasteiger partial charge is 0.320 e. The molecule has 0 bridgehead atoms. The minimum Gasteiger partial charge on any atom is -0.320 e. The Balaban J connectivity index is 2.19. The zero-order chi connectivity index (χ0) is 10.4. The smallest absolute Gasteiger partial charge is 0.00960 e. The second-order valence-electron chi connectivity index (χ2n) is 4.54. The maximum absolute atomic E-state index is 3.21. The summed E-state index contributed by atoms with van der Waals surface area (Å²) in [6.45, 7) is 7.18. The van der Waals surface area contributed by atoms with Crippen LogP contribution in [0.4, 0.5) is 0 Å². The number of hydrogen-bond donors (Lipinski definition) is 1. The molecule has 0 saturated carbocycles. The minimum atomic E-state index is 0.828. The monoisotopic (exact) mass is 198 g/mol. The van der Waals surface area contributed by atoms with E-state index >= 15 is 0 Å². The van der Waals surface area contributed by atoms with Crippen molar-refractivity contribution < 1.29 is 0 Å². The number of nitrogens with one attached hydrogen (secondary N) is 1. The van der Waals surface area contributed by atoms with E-state index in [0.29, 0.717) is 0 Å². The Hall–Kier alpha value is -0.0800. The first-order valence-electron chi connectivity index (χ1n) is 6.20. The highest BCUT2D eigenvalue weighted by Gasteiger charge is 2.28. The van der Waals surface area contributed by atoms with E-state index < -0.39 is 0 Å². The molecule has 1 fully saturated rings. The van der Waals surface area contributed by atoms with Gasteiger partial charge in [0.2, 0.25) is 0 Å². The van der Waals surface area contributed by atoms with Crippen LogP contribution in [0.25, 0.3) is 0 Å². The molecule has 2 heteroatoms. The molecular weight excluding hydrogens is 172 g/mol. The summed E-state index contributed by atoms with van der Waals surface area (Å²) >= 11 is 0. The van der Waals surface area contributed by atoms with Gasteiger partial charge in [-0.3, -0.25) is 4.90 Å². The average molecular weight is 198 g/mol. The lowest BCUT2D eigenvalue weighted by Gasteiger charge is -2.27. The summed E-state index contributed by atoms with van der Waals surface area (Å²) in [6.07, 6.45) is 6.82. The highest BCUT2D eigenvalue weighted by atomic mass is 15.2. The van der Waals surface area contributed by atoms with Crippen molar-refractivity contribution in [3.05, 3.63) is 0 Å². The lowest BCUT2D eigenvalue weighted by Crippen LogP contribution is -2.35. The van der Waals surface area contributed by atoms with Crippen molar-refractivity contribution >= 4 is 0 Å². The fourth-order valence-electron chi connectivity index (χ4n) is 2.56. The van der Waals surface area contributed by atoms with E-state index in [1.165, 1.54) is 45.2 Å². The number of unbranched alkanes of at least 4 members (excludes halogenated alkanes) is 1. The molecule has 1 heterocycles. The predicted octanol–water partition coefficient (Wildman–Crippen LogP) is 2.25. The fraction of sp³-hybridized carbons (Fsp3) is 1.00. The van der Waals surface area contributed by atoms with E-state index in [1.807, 2.05) is 7.05 Å². The Morgan fingerprint density at radius 2 is 2.07 bits per heavy atom. The maximum Gasteiger partial charge on any atom is 0.00960 e. The normalized spacial score (nSPS) is 28.5. The van der Waals surface area contributed by atoms with Crippen molar-refractivity contribution in [3.63, 3.8) is 0 Å². The van der Waals surface area contributed by atoms with Crippen LogP contribution >= 0.6 is 0 Å². The molecule has 2 nitrogen and oxygen atoms in total. The van der Waals surface area contributed by atoms with E-state index in [9.17, 15) is 0 Å². The fourth-order valence-corrected chi connectivity index (χ4v) is 2.56.